The van der Waals surface area contributed by atoms with Gasteiger partial charge in [0.15, 0.2) is 0 Å². The lowest BCUT2D eigenvalue weighted by Crippen LogP contribution is -2.45. The number of hydrogen-bond acceptors (Lipinski definition) is 5. The quantitative estimate of drug-likeness (QED) is 0.804. The summed E-state index contributed by atoms with van der Waals surface area (Å²) in [6.07, 6.45) is 3.45. The van der Waals surface area contributed by atoms with Gasteiger partial charge in [-0.15, -0.1) is 0 Å². The van der Waals surface area contributed by atoms with Crippen LogP contribution in [0.5, 0.6) is 0 Å². The number of nitrogens with zero attached hydrogens (tertiary/aromatic N) is 2. The van der Waals surface area contributed by atoms with Gasteiger partial charge in [0.05, 0.1) is 5.60 Å². The van der Waals surface area contributed by atoms with Gasteiger partial charge in [0, 0.05) is 25.4 Å². The normalized spacial score (nSPS) is 17.9. The minimum atomic E-state index is -0.00633. The van der Waals surface area contributed by atoms with Gasteiger partial charge in [-0.1, -0.05) is 0 Å². The van der Waals surface area contributed by atoms with Crippen molar-refractivity contribution in [3.8, 4) is 0 Å². The Morgan fingerprint density at radius 1 is 1.50 bits per heavy atom. The first kappa shape index (κ1) is 11.1. The summed E-state index contributed by atoms with van der Waals surface area (Å²) < 4.78 is 5.52. The third-order valence-corrected chi connectivity index (χ3v) is 3.16. The first-order valence-electron chi connectivity index (χ1n) is 5.54. The molecule has 16 heavy (non-hydrogen) atoms. The molecular weight excluding hydrogens is 204 g/mol. The molecule has 0 aliphatic heterocycles. The molecule has 1 aromatic heterocycles. The van der Waals surface area contributed by atoms with E-state index in [1.54, 1.807) is 7.11 Å². The van der Waals surface area contributed by atoms with E-state index in [2.05, 4.69) is 15.3 Å². The van der Waals surface area contributed by atoms with E-state index in [0.717, 1.165) is 30.9 Å². The SMILES string of the molecule is COC1(CNc2cc(C)nc(N)n2)CCC1. The average molecular weight is 222 g/mol. The fraction of sp³-hybridized carbons (Fsp3) is 0.636. The van der Waals surface area contributed by atoms with Gasteiger partial charge < -0.3 is 15.8 Å². The van der Waals surface area contributed by atoms with Crippen LogP contribution in [0, 0.1) is 6.92 Å². The Bertz CT molecular complexity index is 350. The summed E-state index contributed by atoms with van der Waals surface area (Å²) in [4.78, 5) is 8.16. The minimum absolute atomic E-state index is 0.00633. The Morgan fingerprint density at radius 3 is 2.75 bits per heavy atom. The molecule has 5 heteroatoms. The van der Waals surface area contributed by atoms with Crippen molar-refractivity contribution < 1.29 is 4.74 Å². The van der Waals surface area contributed by atoms with Gasteiger partial charge in [-0.2, -0.15) is 4.98 Å². The number of rotatable bonds is 4. The summed E-state index contributed by atoms with van der Waals surface area (Å²) >= 11 is 0. The van der Waals surface area contributed by atoms with Crippen LogP contribution < -0.4 is 11.1 Å². The molecule has 3 N–H and O–H groups in total. The highest BCUT2D eigenvalue weighted by molar-refractivity contribution is 5.40. The lowest BCUT2D eigenvalue weighted by atomic mass is 9.80. The summed E-state index contributed by atoms with van der Waals surface area (Å²) in [5.41, 5.74) is 6.45. The number of nitrogens with one attached hydrogen (secondary N) is 1. The summed E-state index contributed by atoms with van der Waals surface area (Å²) in [7, 11) is 1.76. The number of anilines is 2. The maximum Gasteiger partial charge on any atom is 0.222 e. The van der Waals surface area contributed by atoms with E-state index < -0.39 is 0 Å². The molecule has 0 amide bonds. The zero-order chi connectivity index (χ0) is 11.6. The first-order valence-corrected chi connectivity index (χ1v) is 5.54. The van der Waals surface area contributed by atoms with Crippen molar-refractivity contribution in [2.75, 3.05) is 24.7 Å². The van der Waals surface area contributed by atoms with Crippen molar-refractivity contribution in [2.45, 2.75) is 31.8 Å². The predicted octanol–water partition coefficient (Wildman–Crippen LogP) is 1.35. The number of aryl methyl sites for hydroxylation is 1. The molecule has 88 valence electrons. The van der Waals surface area contributed by atoms with Crippen LogP contribution in [0.2, 0.25) is 0 Å². The van der Waals surface area contributed by atoms with Crippen LogP contribution in [0.1, 0.15) is 25.0 Å². The van der Waals surface area contributed by atoms with E-state index in [1.807, 2.05) is 13.0 Å². The van der Waals surface area contributed by atoms with E-state index in [-0.39, 0.29) is 5.60 Å². The molecular formula is C11H18N4O. The van der Waals surface area contributed by atoms with Gasteiger partial charge in [0.2, 0.25) is 5.95 Å². The summed E-state index contributed by atoms with van der Waals surface area (Å²) in [6, 6.07) is 1.89. The Hall–Kier alpha value is -1.36. The van der Waals surface area contributed by atoms with E-state index in [4.69, 9.17) is 10.5 Å². The van der Waals surface area contributed by atoms with Gasteiger partial charge in [0.25, 0.3) is 0 Å². The number of methoxy groups -OCH3 is 1. The van der Waals surface area contributed by atoms with Gasteiger partial charge in [-0.3, -0.25) is 0 Å². The molecule has 0 unspecified atom stereocenters. The fourth-order valence-electron chi connectivity index (χ4n) is 1.96. The van der Waals surface area contributed by atoms with Crippen LogP contribution in [-0.4, -0.2) is 29.2 Å². The maximum atomic E-state index is 5.58. The Morgan fingerprint density at radius 2 is 2.25 bits per heavy atom. The minimum Gasteiger partial charge on any atom is -0.376 e. The third-order valence-electron chi connectivity index (χ3n) is 3.16. The number of nitrogens with two attached hydrogens (primary N) is 1. The average Bonchev–Trinajstić information content (AvgIpc) is 2.15. The lowest BCUT2D eigenvalue weighted by Gasteiger charge is -2.40. The smallest absolute Gasteiger partial charge is 0.222 e. The molecule has 1 saturated carbocycles. The van der Waals surface area contributed by atoms with E-state index in [9.17, 15) is 0 Å². The second-order valence-electron chi connectivity index (χ2n) is 4.35. The van der Waals surface area contributed by atoms with Gasteiger partial charge >= 0.3 is 0 Å². The monoisotopic (exact) mass is 222 g/mol. The molecule has 0 spiro atoms. The second-order valence-corrected chi connectivity index (χ2v) is 4.35. The molecule has 2 rings (SSSR count). The summed E-state index contributed by atoms with van der Waals surface area (Å²) in [5.74, 6) is 1.08. The van der Waals surface area contributed by atoms with Crippen LogP contribution in [-0.2, 0) is 4.74 Å². The molecule has 1 aliphatic rings. The fourth-order valence-corrected chi connectivity index (χ4v) is 1.96. The molecule has 1 aliphatic carbocycles. The molecule has 1 fully saturated rings. The van der Waals surface area contributed by atoms with Crippen LogP contribution in [0.4, 0.5) is 11.8 Å². The summed E-state index contributed by atoms with van der Waals surface area (Å²) in [6.45, 7) is 2.68. The molecule has 1 aromatic rings. The number of aromatic nitrogens is 2. The van der Waals surface area contributed by atoms with Crippen LogP contribution in [0.15, 0.2) is 6.07 Å². The molecule has 0 saturated heterocycles. The van der Waals surface area contributed by atoms with E-state index >= 15 is 0 Å². The molecule has 5 nitrogen and oxygen atoms in total. The standard InChI is InChI=1S/C11H18N4O/c1-8-6-9(15-10(12)14-8)13-7-11(16-2)4-3-5-11/h6H,3-5,7H2,1-2H3,(H3,12,13,14,15). The van der Waals surface area contributed by atoms with Gasteiger partial charge in [-0.05, 0) is 26.2 Å². The Labute approximate surface area is 95.4 Å². The second kappa shape index (κ2) is 4.25. The molecule has 0 radical (unpaired) electrons. The Balaban J connectivity index is 1.98. The topological polar surface area (TPSA) is 73.1 Å². The van der Waals surface area contributed by atoms with Crippen LogP contribution in [0.25, 0.3) is 0 Å². The van der Waals surface area contributed by atoms with E-state index in [1.165, 1.54) is 6.42 Å². The van der Waals surface area contributed by atoms with Crippen LogP contribution >= 0.6 is 0 Å². The number of hydrogen-bond donors (Lipinski definition) is 2. The van der Waals surface area contributed by atoms with Crippen molar-refractivity contribution >= 4 is 11.8 Å². The zero-order valence-corrected chi connectivity index (χ0v) is 9.79. The third kappa shape index (κ3) is 2.24. The highest BCUT2D eigenvalue weighted by atomic mass is 16.5. The summed E-state index contributed by atoms with van der Waals surface area (Å²) in [5, 5.41) is 3.26. The van der Waals surface area contributed by atoms with Crippen molar-refractivity contribution in [1.82, 2.24) is 9.97 Å². The number of nitrogen functional groups attached to an aromatic ring is 1. The van der Waals surface area contributed by atoms with Gasteiger partial charge in [0.1, 0.15) is 5.82 Å². The highest BCUT2D eigenvalue weighted by Gasteiger charge is 2.36. The molecule has 0 atom stereocenters. The van der Waals surface area contributed by atoms with Crippen molar-refractivity contribution in [2.24, 2.45) is 0 Å². The zero-order valence-electron chi connectivity index (χ0n) is 9.79. The van der Waals surface area contributed by atoms with E-state index in [0.29, 0.717) is 5.95 Å². The van der Waals surface area contributed by atoms with Gasteiger partial charge in [-0.25, -0.2) is 4.98 Å². The first-order chi connectivity index (χ1) is 7.63. The molecule has 0 bridgehead atoms. The predicted molar refractivity (Wildman–Crippen MR) is 63.3 cm³/mol. The van der Waals surface area contributed by atoms with Crippen LogP contribution in [0.3, 0.4) is 0 Å². The highest BCUT2D eigenvalue weighted by Crippen LogP contribution is 2.34. The van der Waals surface area contributed by atoms with Crippen molar-refractivity contribution in [3.63, 3.8) is 0 Å². The largest absolute Gasteiger partial charge is 0.376 e. The molecule has 0 aromatic carbocycles. The van der Waals surface area contributed by atoms with Crippen molar-refractivity contribution in [1.29, 1.82) is 0 Å². The van der Waals surface area contributed by atoms with Crippen molar-refractivity contribution in [3.05, 3.63) is 11.8 Å². The Kier molecular flexibility index (Phi) is 2.96. The number of ether oxygens (including phenoxy) is 1. The lowest BCUT2D eigenvalue weighted by molar-refractivity contribution is -0.0601. The maximum absolute atomic E-state index is 5.58. The molecule has 1 heterocycles.